The number of phenolic OH excluding ortho intramolecular Hbond substituents is 1. The zero-order valence-electron chi connectivity index (χ0n) is 11.2. The van der Waals surface area contributed by atoms with E-state index in [9.17, 15) is 5.11 Å². The van der Waals surface area contributed by atoms with E-state index in [-0.39, 0.29) is 0 Å². The van der Waals surface area contributed by atoms with Crippen LogP contribution in [0.4, 0.5) is 0 Å². The summed E-state index contributed by atoms with van der Waals surface area (Å²) in [6.07, 6.45) is 2.25. The summed E-state index contributed by atoms with van der Waals surface area (Å²) >= 11 is 0. The molecule has 0 atom stereocenters. The van der Waals surface area contributed by atoms with E-state index >= 15 is 0 Å². The molecule has 0 spiro atoms. The summed E-state index contributed by atoms with van der Waals surface area (Å²) in [5.74, 6) is 1.12. The monoisotopic (exact) mass is 237 g/mol. The molecule has 1 aromatic carbocycles. The van der Waals surface area contributed by atoms with Gasteiger partial charge in [-0.2, -0.15) is 0 Å². The number of aromatic hydroxyl groups is 1. The summed E-state index contributed by atoms with van der Waals surface area (Å²) in [7, 11) is 3.73. The molecule has 0 amide bonds. The second-order valence-corrected chi connectivity index (χ2v) is 4.38. The van der Waals surface area contributed by atoms with Gasteiger partial charge in [0.1, 0.15) is 11.5 Å². The third kappa shape index (κ3) is 3.63. The number of benzene rings is 1. The van der Waals surface area contributed by atoms with Crippen LogP contribution in [0.1, 0.15) is 32.3 Å². The molecular weight excluding hydrogens is 214 g/mol. The van der Waals surface area contributed by atoms with Crippen LogP contribution in [0.2, 0.25) is 0 Å². The van der Waals surface area contributed by atoms with Crippen LogP contribution in [-0.2, 0) is 6.54 Å². The lowest BCUT2D eigenvalue weighted by molar-refractivity contribution is 0.219. The fourth-order valence-corrected chi connectivity index (χ4v) is 2.13. The number of ether oxygens (including phenoxy) is 1. The highest BCUT2D eigenvalue weighted by molar-refractivity contribution is 5.39. The first kappa shape index (κ1) is 13.8. The summed E-state index contributed by atoms with van der Waals surface area (Å²) in [6.45, 7) is 5.13. The molecule has 0 unspecified atom stereocenters. The van der Waals surface area contributed by atoms with Crippen LogP contribution in [0.3, 0.4) is 0 Å². The van der Waals surface area contributed by atoms with Crippen molar-refractivity contribution in [2.24, 2.45) is 0 Å². The number of nitrogens with zero attached hydrogens (tertiary/aromatic N) is 1. The summed E-state index contributed by atoms with van der Waals surface area (Å²) in [5.41, 5.74) is 0.916. The molecule has 0 aliphatic carbocycles. The largest absolute Gasteiger partial charge is 0.508 e. The van der Waals surface area contributed by atoms with Gasteiger partial charge in [0.25, 0.3) is 0 Å². The molecular formula is C14H23NO2. The Hall–Kier alpha value is -1.22. The number of hydrogen-bond acceptors (Lipinski definition) is 3. The predicted octanol–water partition coefficient (Wildman–Crippen LogP) is 3.02. The second-order valence-electron chi connectivity index (χ2n) is 4.38. The van der Waals surface area contributed by atoms with Crippen molar-refractivity contribution < 1.29 is 9.84 Å². The second kappa shape index (κ2) is 6.50. The first-order valence-corrected chi connectivity index (χ1v) is 6.18. The highest BCUT2D eigenvalue weighted by atomic mass is 16.5. The van der Waals surface area contributed by atoms with Crippen molar-refractivity contribution >= 4 is 0 Å². The van der Waals surface area contributed by atoms with Gasteiger partial charge in [-0.3, -0.25) is 4.90 Å². The highest BCUT2D eigenvalue weighted by Gasteiger charge is 2.13. The number of rotatable bonds is 6. The highest BCUT2D eigenvalue weighted by Crippen LogP contribution is 2.24. The zero-order valence-corrected chi connectivity index (χ0v) is 11.2. The molecule has 0 fully saturated rings. The van der Waals surface area contributed by atoms with E-state index in [0.717, 1.165) is 30.7 Å². The minimum absolute atomic E-state index is 0.337. The van der Waals surface area contributed by atoms with Gasteiger partial charge in [0.05, 0.1) is 7.11 Å². The average molecular weight is 237 g/mol. The number of methoxy groups -OCH3 is 1. The predicted molar refractivity (Wildman–Crippen MR) is 70.5 cm³/mol. The van der Waals surface area contributed by atoms with E-state index in [1.54, 1.807) is 19.2 Å². The molecule has 0 aliphatic heterocycles. The quantitative estimate of drug-likeness (QED) is 0.825. The minimum atomic E-state index is 0.337. The number of phenols is 1. The Balaban J connectivity index is 2.79. The molecule has 96 valence electrons. The van der Waals surface area contributed by atoms with Gasteiger partial charge in [0.15, 0.2) is 0 Å². The van der Waals surface area contributed by atoms with Gasteiger partial charge in [-0.25, -0.2) is 0 Å². The topological polar surface area (TPSA) is 32.7 Å². The molecule has 3 heteroatoms. The first-order valence-electron chi connectivity index (χ1n) is 6.18. The lowest BCUT2D eigenvalue weighted by atomic mass is 10.1. The van der Waals surface area contributed by atoms with E-state index in [1.807, 2.05) is 6.07 Å². The van der Waals surface area contributed by atoms with Gasteiger partial charge in [-0.1, -0.05) is 13.8 Å². The fraction of sp³-hybridized carbons (Fsp3) is 0.571. The van der Waals surface area contributed by atoms with Gasteiger partial charge < -0.3 is 9.84 Å². The third-order valence-corrected chi connectivity index (χ3v) is 3.27. The van der Waals surface area contributed by atoms with Crippen molar-refractivity contribution in [3.63, 3.8) is 0 Å². The maximum Gasteiger partial charge on any atom is 0.120 e. The molecule has 1 rings (SSSR count). The van der Waals surface area contributed by atoms with E-state index in [0.29, 0.717) is 11.8 Å². The zero-order chi connectivity index (χ0) is 12.8. The Labute approximate surface area is 104 Å². The van der Waals surface area contributed by atoms with Crippen molar-refractivity contribution in [2.75, 3.05) is 14.2 Å². The SMILES string of the molecule is CCC(CC)N(C)Cc1cc(OC)ccc1O. The van der Waals surface area contributed by atoms with E-state index < -0.39 is 0 Å². The molecule has 0 aromatic heterocycles. The minimum Gasteiger partial charge on any atom is -0.508 e. The van der Waals surface area contributed by atoms with Crippen molar-refractivity contribution in [1.29, 1.82) is 0 Å². The van der Waals surface area contributed by atoms with E-state index in [4.69, 9.17) is 4.74 Å². The van der Waals surface area contributed by atoms with Crippen molar-refractivity contribution in [2.45, 2.75) is 39.3 Å². The lowest BCUT2D eigenvalue weighted by Crippen LogP contribution is -2.29. The van der Waals surface area contributed by atoms with Crippen LogP contribution in [0.25, 0.3) is 0 Å². The van der Waals surface area contributed by atoms with Gasteiger partial charge >= 0.3 is 0 Å². The molecule has 0 saturated carbocycles. The van der Waals surface area contributed by atoms with Gasteiger partial charge in [0, 0.05) is 18.2 Å². The third-order valence-electron chi connectivity index (χ3n) is 3.27. The lowest BCUT2D eigenvalue weighted by Gasteiger charge is -2.26. The Kier molecular flexibility index (Phi) is 5.29. The summed E-state index contributed by atoms with van der Waals surface area (Å²) in [6, 6.07) is 5.92. The smallest absolute Gasteiger partial charge is 0.120 e. The van der Waals surface area contributed by atoms with Crippen LogP contribution >= 0.6 is 0 Å². The molecule has 17 heavy (non-hydrogen) atoms. The standard InChI is InChI=1S/C14H23NO2/c1-5-12(6-2)15(3)10-11-9-13(17-4)7-8-14(11)16/h7-9,12,16H,5-6,10H2,1-4H3. The van der Waals surface area contributed by atoms with Gasteiger partial charge in [-0.05, 0) is 38.1 Å². The van der Waals surface area contributed by atoms with E-state index in [2.05, 4.69) is 25.8 Å². The summed E-state index contributed by atoms with van der Waals surface area (Å²) in [5, 5.41) is 9.82. The Morgan fingerprint density at radius 2 is 1.94 bits per heavy atom. The molecule has 0 heterocycles. The maximum atomic E-state index is 9.82. The Morgan fingerprint density at radius 3 is 2.47 bits per heavy atom. The Morgan fingerprint density at radius 1 is 1.29 bits per heavy atom. The van der Waals surface area contributed by atoms with Crippen LogP contribution in [-0.4, -0.2) is 30.2 Å². The van der Waals surface area contributed by atoms with Gasteiger partial charge in [0.2, 0.25) is 0 Å². The summed E-state index contributed by atoms with van der Waals surface area (Å²) in [4.78, 5) is 2.27. The van der Waals surface area contributed by atoms with Crippen molar-refractivity contribution in [1.82, 2.24) is 4.90 Å². The van der Waals surface area contributed by atoms with Crippen LogP contribution < -0.4 is 4.74 Å². The Bertz CT molecular complexity index is 348. The average Bonchev–Trinajstić information content (AvgIpc) is 2.33. The normalized spacial score (nSPS) is 11.2. The molecule has 0 saturated heterocycles. The molecule has 1 N–H and O–H groups in total. The molecule has 0 aliphatic rings. The summed E-state index contributed by atoms with van der Waals surface area (Å²) < 4.78 is 5.17. The van der Waals surface area contributed by atoms with Crippen LogP contribution in [0.5, 0.6) is 11.5 Å². The van der Waals surface area contributed by atoms with Crippen molar-refractivity contribution in [3.8, 4) is 11.5 Å². The maximum absolute atomic E-state index is 9.82. The molecule has 0 bridgehead atoms. The van der Waals surface area contributed by atoms with Crippen molar-refractivity contribution in [3.05, 3.63) is 23.8 Å². The van der Waals surface area contributed by atoms with E-state index in [1.165, 1.54) is 0 Å². The molecule has 0 radical (unpaired) electrons. The molecule has 1 aromatic rings. The van der Waals surface area contributed by atoms with Crippen LogP contribution in [0.15, 0.2) is 18.2 Å². The van der Waals surface area contributed by atoms with Gasteiger partial charge in [-0.15, -0.1) is 0 Å². The number of hydrogen-bond donors (Lipinski definition) is 1. The molecule has 3 nitrogen and oxygen atoms in total. The first-order chi connectivity index (χ1) is 8.12. The fourth-order valence-electron chi connectivity index (χ4n) is 2.13. The van der Waals surface area contributed by atoms with Crippen LogP contribution in [0, 0.1) is 0 Å².